The number of nitrogens with zero attached hydrogens (tertiary/aromatic N) is 1. The Bertz CT molecular complexity index is 393. The average molecular weight is 269 g/mol. The van der Waals surface area contributed by atoms with Crippen LogP contribution in [0, 0.1) is 0 Å². The van der Waals surface area contributed by atoms with Crippen LogP contribution in [0.4, 0.5) is 0 Å². The fourth-order valence-corrected chi connectivity index (χ4v) is 3.24. The normalized spacial score (nSPS) is 26.2. The highest BCUT2D eigenvalue weighted by Gasteiger charge is 2.39. The summed E-state index contributed by atoms with van der Waals surface area (Å²) < 4.78 is 4.81. The van der Waals surface area contributed by atoms with Gasteiger partial charge in [-0.3, -0.25) is 9.69 Å². The SMILES string of the molecule is COC(=O)[C@@H]1C[C@H](O)CN1[C@@H](C)Cc1ccsc1. The summed E-state index contributed by atoms with van der Waals surface area (Å²) in [5, 5.41) is 13.9. The summed E-state index contributed by atoms with van der Waals surface area (Å²) >= 11 is 1.68. The molecule has 0 bridgehead atoms. The van der Waals surface area contributed by atoms with Gasteiger partial charge in [0, 0.05) is 19.0 Å². The highest BCUT2D eigenvalue weighted by molar-refractivity contribution is 7.07. The van der Waals surface area contributed by atoms with Gasteiger partial charge in [-0.2, -0.15) is 11.3 Å². The van der Waals surface area contributed by atoms with E-state index in [-0.39, 0.29) is 18.1 Å². The maximum absolute atomic E-state index is 11.7. The van der Waals surface area contributed by atoms with Gasteiger partial charge in [0.2, 0.25) is 0 Å². The van der Waals surface area contributed by atoms with Gasteiger partial charge in [0.05, 0.1) is 13.2 Å². The topological polar surface area (TPSA) is 49.8 Å². The summed E-state index contributed by atoms with van der Waals surface area (Å²) in [6.07, 6.45) is 0.934. The lowest BCUT2D eigenvalue weighted by Gasteiger charge is -2.28. The second-order valence-corrected chi connectivity index (χ2v) is 5.59. The van der Waals surface area contributed by atoms with Crippen LogP contribution >= 0.6 is 11.3 Å². The van der Waals surface area contributed by atoms with Crippen molar-refractivity contribution in [3.63, 3.8) is 0 Å². The number of hydrogen-bond donors (Lipinski definition) is 1. The van der Waals surface area contributed by atoms with E-state index in [1.54, 1.807) is 11.3 Å². The smallest absolute Gasteiger partial charge is 0.323 e. The van der Waals surface area contributed by atoms with E-state index in [2.05, 4.69) is 23.8 Å². The van der Waals surface area contributed by atoms with E-state index in [0.29, 0.717) is 13.0 Å². The minimum Gasteiger partial charge on any atom is -0.468 e. The van der Waals surface area contributed by atoms with Crippen molar-refractivity contribution < 1.29 is 14.6 Å². The number of carbonyl (C=O) groups is 1. The molecular weight excluding hydrogens is 250 g/mol. The van der Waals surface area contributed by atoms with E-state index in [4.69, 9.17) is 4.74 Å². The van der Waals surface area contributed by atoms with Crippen LogP contribution in [-0.4, -0.2) is 47.8 Å². The largest absolute Gasteiger partial charge is 0.468 e. The van der Waals surface area contributed by atoms with E-state index in [0.717, 1.165) is 6.42 Å². The standard InChI is InChI=1S/C13H19NO3S/c1-9(5-10-3-4-18-8-10)14-7-11(15)6-12(14)13(16)17-2/h3-4,8-9,11-12,15H,5-7H2,1-2H3/t9-,11-,12-/m0/s1. The zero-order valence-electron chi connectivity index (χ0n) is 10.7. The second kappa shape index (κ2) is 5.82. The minimum absolute atomic E-state index is 0.223. The molecule has 5 heteroatoms. The molecule has 2 rings (SSSR count). The Balaban J connectivity index is 2.03. The third-order valence-corrected chi connectivity index (χ3v) is 4.20. The molecule has 4 nitrogen and oxygen atoms in total. The number of rotatable bonds is 4. The van der Waals surface area contributed by atoms with Crippen LogP contribution < -0.4 is 0 Å². The molecule has 1 fully saturated rings. The van der Waals surface area contributed by atoms with Gasteiger partial charge in [0.25, 0.3) is 0 Å². The lowest BCUT2D eigenvalue weighted by Crippen LogP contribution is -2.43. The number of thiophene rings is 1. The van der Waals surface area contributed by atoms with Crippen molar-refractivity contribution >= 4 is 17.3 Å². The van der Waals surface area contributed by atoms with Crippen LogP contribution in [0.15, 0.2) is 16.8 Å². The van der Waals surface area contributed by atoms with Crippen molar-refractivity contribution in [1.82, 2.24) is 4.90 Å². The number of β-amino-alcohol motifs (C(OH)–C–C–N with tert-alkyl or cyclic N) is 1. The van der Waals surface area contributed by atoms with E-state index >= 15 is 0 Å². The maximum atomic E-state index is 11.7. The molecule has 18 heavy (non-hydrogen) atoms. The fraction of sp³-hybridized carbons (Fsp3) is 0.615. The number of likely N-dealkylation sites (tertiary alicyclic amines) is 1. The van der Waals surface area contributed by atoms with Crippen molar-refractivity contribution in [2.45, 2.75) is 38.0 Å². The van der Waals surface area contributed by atoms with Gasteiger partial charge < -0.3 is 9.84 Å². The Morgan fingerprint density at radius 3 is 3.11 bits per heavy atom. The summed E-state index contributed by atoms with van der Waals surface area (Å²) in [5.74, 6) is -0.247. The second-order valence-electron chi connectivity index (χ2n) is 4.81. The number of ether oxygens (including phenoxy) is 1. The molecule has 1 saturated heterocycles. The Morgan fingerprint density at radius 2 is 2.50 bits per heavy atom. The zero-order valence-corrected chi connectivity index (χ0v) is 11.5. The summed E-state index contributed by atoms with van der Waals surface area (Å²) in [6, 6.07) is 2.01. The Hall–Kier alpha value is -0.910. The molecule has 0 unspecified atom stereocenters. The molecule has 0 radical (unpaired) electrons. The van der Waals surface area contributed by atoms with Crippen molar-refractivity contribution in [2.24, 2.45) is 0 Å². The van der Waals surface area contributed by atoms with Crippen LogP contribution in [0.3, 0.4) is 0 Å². The van der Waals surface area contributed by atoms with Gasteiger partial charge in [-0.25, -0.2) is 0 Å². The molecule has 100 valence electrons. The fourth-order valence-electron chi connectivity index (χ4n) is 2.56. The highest BCUT2D eigenvalue weighted by atomic mass is 32.1. The molecule has 0 aromatic carbocycles. The van der Waals surface area contributed by atoms with Crippen LogP contribution in [0.2, 0.25) is 0 Å². The molecule has 1 aromatic heterocycles. The molecule has 1 aliphatic rings. The molecule has 0 aliphatic carbocycles. The number of hydrogen-bond acceptors (Lipinski definition) is 5. The lowest BCUT2D eigenvalue weighted by atomic mass is 10.1. The number of esters is 1. The van der Waals surface area contributed by atoms with Crippen molar-refractivity contribution in [3.8, 4) is 0 Å². The van der Waals surface area contributed by atoms with Crippen LogP contribution in [-0.2, 0) is 16.0 Å². The molecule has 2 heterocycles. The monoisotopic (exact) mass is 269 g/mol. The van der Waals surface area contributed by atoms with Gasteiger partial charge in [0.1, 0.15) is 6.04 Å². The summed E-state index contributed by atoms with van der Waals surface area (Å²) in [5.41, 5.74) is 1.28. The first-order valence-electron chi connectivity index (χ1n) is 6.14. The predicted molar refractivity (Wildman–Crippen MR) is 70.6 cm³/mol. The van der Waals surface area contributed by atoms with E-state index in [1.165, 1.54) is 12.7 Å². The average Bonchev–Trinajstić information content (AvgIpc) is 2.97. The van der Waals surface area contributed by atoms with Crippen LogP contribution in [0.25, 0.3) is 0 Å². The van der Waals surface area contributed by atoms with Crippen molar-refractivity contribution in [2.75, 3.05) is 13.7 Å². The lowest BCUT2D eigenvalue weighted by molar-refractivity contribution is -0.146. The van der Waals surface area contributed by atoms with E-state index in [9.17, 15) is 9.90 Å². The molecule has 3 atom stereocenters. The first kappa shape index (κ1) is 13.5. The predicted octanol–water partition coefficient (Wildman–Crippen LogP) is 1.29. The molecule has 1 aliphatic heterocycles. The molecule has 0 amide bonds. The summed E-state index contributed by atoms with van der Waals surface area (Å²) in [7, 11) is 1.40. The molecule has 0 spiro atoms. The van der Waals surface area contributed by atoms with Gasteiger partial charge in [-0.15, -0.1) is 0 Å². The van der Waals surface area contributed by atoms with Crippen LogP contribution in [0.1, 0.15) is 18.9 Å². The quantitative estimate of drug-likeness (QED) is 0.837. The molecular formula is C13H19NO3S. The first-order valence-corrected chi connectivity index (χ1v) is 7.08. The third kappa shape index (κ3) is 2.91. The van der Waals surface area contributed by atoms with Gasteiger partial charge in [-0.05, 0) is 35.7 Å². The minimum atomic E-state index is -0.431. The molecule has 0 saturated carbocycles. The third-order valence-electron chi connectivity index (χ3n) is 3.47. The van der Waals surface area contributed by atoms with Crippen LogP contribution in [0.5, 0.6) is 0 Å². The molecule has 1 N–H and O–H groups in total. The highest BCUT2D eigenvalue weighted by Crippen LogP contribution is 2.23. The number of carbonyl (C=O) groups excluding carboxylic acids is 1. The summed E-state index contributed by atoms with van der Waals surface area (Å²) in [6.45, 7) is 2.64. The van der Waals surface area contributed by atoms with E-state index < -0.39 is 6.10 Å². The molecule has 1 aromatic rings. The first-order chi connectivity index (χ1) is 8.61. The Kier molecular flexibility index (Phi) is 4.37. The Morgan fingerprint density at radius 1 is 1.72 bits per heavy atom. The zero-order chi connectivity index (χ0) is 13.1. The number of aliphatic hydroxyl groups is 1. The van der Waals surface area contributed by atoms with Gasteiger partial charge in [-0.1, -0.05) is 0 Å². The van der Waals surface area contributed by atoms with Crippen molar-refractivity contribution in [3.05, 3.63) is 22.4 Å². The van der Waals surface area contributed by atoms with Crippen molar-refractivity contribution in [1.29, 1.82) is 0 Å². The maximum Gasteiger partial charge on any atom is 0.323 e. The van der Waals surface area contributed by atoms with E-state index in [1.807, 2.05) is 4.90 Å². The number of aliphatic hydroxyl groups excluding tert-OH is 1. The van der Waals surface area contributed by atoms with Gasteiger partial charge in [0.15, 0.2) is 0 Å². The summed E-state index contributed by atoms with van der Waals surface area (Å²) in [4.78, 5) is 13.8. The number of methoxy groups -OCH3 is 1. The Labute approximate surface area is 111 Å². The van der Waals surface area contributed by atoms with Gasteiger partial charge >= 0.3 is 5.97 Å².